The van der Waals surface area contributed by atoms with E-state index in [1.165, 1.54) is 11.3 Å². The van der Waals surface area contributed by atoms with Crippen LogP contribution in [-0.4, -0.2) is 37.8 Å². The Labute approximate surface area is 221 Å². The van der Waals surface area contributed by atoms with Crippen LogP contribution in [0.1, 0.15) is 65.5 Å². The molecule has 198 valence electrons. The van der Waals surface area contributed by atoms with Crippen molar-refractivity contribution < 1.29 is 22.4 Å². The molecule has 2 amide bonds. The van der Waals surface area contributed by atoms with Crippen molar-refractivity contribution in [2.75, 3.05) is 16.8 Å². The summed E-state index contributed by atoms with van der Waals surface area (Å²) >= 11 is 1.48. The highest BCUT2D eigenvalue weighted by Crippen LogP contribution is 2.44. The van der Waals surface area contributed by atoms with Gasteiger partial charge in [0.25, 0.3) is 5.91 Å². The van der Waals surface area contributed by atoms with Crippen molar-refractivity contribution in [2.45, 2.75) is 65.8 Å². The number of aryl methyl sites for hydroxylation is 1. The largest absolute Gasteiger partial charge is 0.464 e. The molecule has 1 aromatic carbocycles. The maximum absolute atomic E-state index is 13.5. The van der Waals surface area contributed by atoms with Gasteiger partial charge in [0.15, 0.2) is 9.84 Å². The van der Waals surface area contributed by atoms with Crippen molar-refractivity contribution in [3.05, 3.63) is 51.6 Å². The summed E-state index contributed by atoms with van der Waals surface area (Å²) in [5, 5.41) is 7.41. The summed E-state index contributed by atoms with van der Waals surface area (Å²) in [7, 11) is -3.12. The average molecular weight is 543 g/mol. The summed E-state index contributed by atoms with van der Waals surface area (Å²) in [6.45, 7) is 8.71. The van der Waals surface area contributed by atoms with Gasteiger partial charge in [-0.3, -0.25) is 9.59 Å². The van der Waals surface area contributed by atoms with Gasteiger partial charge >= 0.3 is 0 Å². The van der Waals surface area contributed by atoms with Gasteiger partial charge in [-0.05, 0) is 61.1 Å². The first-order chi connectivity index (χ1) is 17.4. The number of carbonyl (C=O) groups is 2. The fraction of sp³-hybridized carbons (Fsp3) is 0.500. The van der Waals surface area contributed by atoms with Crippen LogP contribution in [0.5, 0.6) is 0 Å². The first-order valence-electron chi connectivity index (χ1n) is 12.8. The van der Waals surface area contributed by atoms with Crippen LogP contribution < -0.4 is 10.6 Å². The molecule has 2 aliphatic rings. The number of hydrogen-bond acceptors (Lipinski definition) is 6. The molecule has 0 radical (unpaired) electrons. The number of carbonyl (C=O) groups excluding carboxylic acids is 2. The Morgan fingerprint density at radius 1 is 1.19 bits per heavy atom. The van der Waals surface area contributed by atoms with Gasteiger partial charge < -0.3 is 15.1 Å². The second-order valence-electron chi connectivity index (χ2n) is 11.6. The first kappa shape index (κ1) is 26.0. The molecule has 1 aliphatic heterocycles. The third-order valence-corrected chi connectivity index (χ3v) is 10.6. The molecule has 3 heterocycles. The number of amides is 2. The number of rotatable bonds is 5. The number of nitrogens with one attached hydrogen (secondary N) is 2. The van der Waals surface area contributed by atoms with Crippen molar-refractivity contribution in [3.63, 3.8) is 0 Å². The molecule has 9 heteroatoms. The van der Waals surface area contributed by atoms with Gasteiger partial charge in [-0.1, -0.05) is 32.9 Å². The molecule has 1 fully saturated rings. The Bertz CT molecular complexity index is 1480. The minimum absolute atomic E-state index is 0.0358. The zero-order chi connectivity index (χ0) is 26.5. The normalized spacial score (nSPS) is 21.1. The lowest BCUT2D eigenvalue weighted by Crippen LogP contribution is -2.36. The maximum Gasteiger partial charge on any atom is 0.254 e. The SMILES string of the molecule is Cc1ccc2c(CC(=O)Nc3sc4c(c3C(=O)NC3CCS(=O)(=O)C3)CCC(C(C)(C)C)C4)coc2c1. The molecule has 0 saturated carbocycles. The number of sulfone groups is 1. The standard InChI is InChI=1S/C28H34N2O5S2/c1-16-5-7-20-17(14-35-22(20)11-16)12-24(31)30-27-25(26(32)29-19-9-10-37(33,34)15-19)21-8-6-18(28(2,3)4)13-23(21)36-27/h5,7,11,14,18-19H,6,8-10,12-13,15H2,1-4H3,(H,29,32)(H,30,31). The smallest absolute Gasteiger partial charge is 0.254 e. The van der Waals surface area contributed by atoms with E-state index in [1.54, 1.807) is 6.26 Å². The number of benzene rings is 1. The van der Waals surface area contributed by atoms with Gasteiger partial charge in [0, 0.05) is 21.9 Å². The molecule has 2 N–H and O–H groups in total. The van der Waals surface area contributed by atoms with Crippen molar-refractivity contribution in [2.24, 2.45) is 11.3 Å². The lowest BCUT2D eigenvalue weighted by atomic mass is 9.72. The van der Waals surface area contributed by atoms with Crippen LogP contribution >= 0.6 is 11.3 Å². The summed E-state index contributed by atoms with van der Waals surface area (Å²) in [6.07, 6.45) is 4.76. The highest BCUT2D eigenvalue weighted by atomic mass is 32.2. The van der Waals surface area contributed by atoms with Gasteiger partial charge in [-0.25, -0.2) is 8.42 Å². The molecule has 5 rings (SSSR count). The lowest BCUT2D eigenvalue weighted by molar-refractivity contribution is -0.115. The van der Waals surface area contributed by atoms with Crippen LogP contribution in [0.25, 0.3) is 11.0 Å². The lowest BCUT2D eigenvalue weighted by Gasteiger charge is -2.33. The molecule has 1 aliphatic carbocycles. The summed E-state index contributed by atoms with van der Waals surface area (Å²) in [4.78, 5) is 27.8. The van der Waals surface area contributed by atoms with Crippen LogP contribution in [0, 0.1) is 18.3 Å². The Morgan fingerprint density at radius 2 is 1.97 bits per heavy atom. The number of thiophene rings is 1. The van der Waals surface area contributed by atoms with E-state index >= 15 is 0 Å². The van der Waals surface area contributed by atoms with Crippen LogP contribution in [-0.2, 0) is 33.9 Å². The van der Waals surface area contributed by atoms with Crippen LogP contribution in [0.4, 0.5) is 5.00 Å². The monoisotopic (exact) mass is 542 g/mol. The van der Waals surface area contributed by atoms with E-state index in [0.717, 1.165) is 51.8 Å². The molecule has 2 aromatic heterocycles. The number of anilines is 1. The molecule has 1 saturated heterocycles. The minimum atomic E-state index is -3.12. The zero-order valence-corrected chi connectivity index (χ0v) is 23.4. The average Bonchev–Trinajstić information content (AvgIpc) is 3.46. The van der Waals surface area contributed by atoms with E-state index in [-0.39, 0.29) is 35.2 Å². The predicted octanol–water partition coefficient (Wildman–Crippen LogP) is 5.05. The fourth-order valence-electron chi connectivity index (χ4n) is 5.49. The van der Waals surface area contributed by atoms with E-state index in [9.17, 15) is 18.0 Å². The van der Waals surface area contributed by atoms with E-state index < -0.39 is 15.9 Å². The molecular formula is C28H34N2O5S2. The summed E-state index contributed by atoms with van der Waals surface area (Å²) in [5.74, 6) is 0.0274. The van der Waals surface area contributed by atoms with E-state index in [0.29, 0.717) is 22.9 Å². The molecule has 37 heavy (non-hydrogen) atoms. The molecule has 0 spiro atoms. The van der Waals surface area contributed by atoms with Crippen LogP contribution in [0.2, 0.25) is 0 Å². The third kappa shape index (κ3) is 5.48. The molecular weight excluding hydrogens is 508 g/mol. The third-order valence-electron chi connectivity index (χ3n) is 7.70. The Balaban J connectivity index is 1.41. The fourth-order valence-corrected chi connectivity index (χ4v) is 8.51. The maximum atomic E-state index is 13.5. The van der Waals surface area contributed by atoms with Crippen molar-refractivity contribution in [3.8, 4) is 0 Å². The van der Waals surface area contributed by atoms with E-state index in [2.05, 4.69) is 31.4 Å². The zero-order valence-electron chi connectivity index (χ0n) is 21.8. The van der Waals surface area contributed by atoms with E-state index in [4.69, 9.17) is 4.42 Å². The molecule has 3 aromatic rings. The number of fused-ring (bicyclic) bond motifs is 2. The predicted molar refractivity (Wildman–Crippen MR) is 147 cm³/mol. The summed E-state index contributed by atoms with van der Waals surface area (Å²) in [5.41, 5.74) is 4.26. The van der Waals surface area contributed by atoms with Gasteiger partial charge in [0.2, 0.25) is 5.91 Å². The van der Waals surface area contributed by atoms with Gasteiger partial charge in [0.05, 0.1) is 29.8 Å². The van der Waals surface area contributed by atoms with Crippen LogP contribution in [0.15, 0.2) is 28.9 Å². The van der Waals surface area contributed by atoms with Crippen molar-refractivity contribution >= 4 is 49.0 Å². The molecule has 2 atom stereocenters. The summed E-state index contributed by atoms with van der Waals surface area (Å²) in [6, 6.07) is 5.50. The second kappa shape index (κ2) is 9.58. The van der Waals surface area contributed by atoms with Crippen LogP contribution in [0.3, 0.4) is 0 Å². The molecule has 7 nitrogen and oxygen atoms in total. The topological polar surface area (TPSA) is 105 Å². The van der Waals surface area contributed by atoms with Gasteiger partial charge in [0.1, 0.15) is 10.6 Å². The second-order valence-corrected chi connectivity index (χ2v) is 14.9. The Hall–Kier alpha value is -2.65. The van der Waals surface area contributed by atoms with Crippen molar-refractivity contribution in [1.82, 2.24) is 5.32 Å². The number of hydrogen-bond donors (Lipinski definition) is 2. The van der Waals surface area contributed by atoms with Gasteiger partial charge in [-0.15, -0.1) is 11.3 Å². The Kier molecular flexibility index (Phi) is 6.73. The molecule has 2 unspecified atom stereocenters. The molecule has 0 bridgehead atoms. The minimum Gasteiger partial charge on any atom is -0.464 e. The van der Waals surface area contributed by atoms with E-state index in [1.807, 2.05) is 25.1 Å². The quantitative estimate of drug-likeness (QED) is 0.469. The highest BCUT2D eigenvalue weighted by molar-refractivity contribution is 7.91. The van der Waals surface area contributed by atoms with Crippen molar-refractivity contribution in [1.29, 1.82) is 0 Å². The first-order valence-corrected chi connectivity index (χ1v) is 15.5. The number of furan rings is 1. The summed E-state index contributed by atoms with van der Waals surface area (Å²) < 4.78 is 29.5. The van der Waals surface area contributed by atoms with Gasteiger partial charge in [-0.2, -0.15) is 0 Å². The Morgan fingerprint density at radius 3 is 2.68 bits per heavy atom. The highest BCUT2D eigenvalue weighted by Gasteiger charge is 2.36.